The molecule has 2 aromatic rings. The molecule has 0 unspecified atom stereocenters. The van der Waals surface area contributed by atoms with Crippen LogP contribution in [0.5, 0.6) is 6.01 Å². The van der Waals surface area contributed by atoms with Crippen molar-refractivity contribution in [2.45, 2.75) is 58.7 Å². The highest BCUT2D eigenvalue weighted by Crippen LogP contribution is 2.38. The lowest BCUT2D eigenvalue weighted by molar-refractivity contribution is -0.137. The molecule has 0 amide bonds. The van der Waals surface area contributed by atoms with Crippen molar-refractivity contribution in [3.63, 3.8) is 0 Å². The Morgan fingerprint density at radius 1 is 1.15 bits per heavy atom. The number of aryl methyl sites for hydroxylation is 1. The Hall–Kier alpha value is -2.31. The van der Waals surface area contributed by atoms with Crippen LogP contribution in [0.1, 0.15) is 51.2 Å². The average Bonchev–Trinajstić information content (AvgIpc) is 2.60. The molecule has 27 heavy (non-hydrogen) atoms. The molecule has 0 atom stereocenters. The summed E-state index contributed by atoms with van der Waals surface area (Å²) in [7, 11) is 1.59. The van der Waals surface area contributed by atoms with Gasteiger partial charge in [0, 0.05) is 18.9 Å². The number of para-hydroxylation sites is 1. The zero-order valence-corrected chi connectivity index (χ0v) is 16.2. The van der Waals surface area contributed by atoms with E-state index in [1.165, 1.54) is 4.90 Å². The Bertz CT molecular complexity index is 747. The zero-order chi connectivity index (χ0) is 20.0. The van der Waals surface area contributed by atoms with Gasteiger partial charge in [-0.1, -0.05) is 38.0 Å². The highest BCUT2D eigenvalue weighted by atomic mass is 19.4. The second-order valence-corrected chi connectivity index (χ2v) is 6.70. The van der Waals surface area contributed by atoms with Crippen LogP contribution in [0.4, 0.5) is 24.7 Å². The molecule has 7 heteroatoms. The highest BCUT2D eigenvalue weighted by Gasteiger charge is 2.37. The molecule has 0 spiro atoms. The molecular weight excluding hydrogens is 355 g/mol. The lowest BCUT2D eigenvalue weighted by Crippen LogP contribution is -2.21. The van der Waals surface area contributed by atoms with Crippen molar-refractivity contribution in [3.05, 3.63) is 41.6 Å². The first-order valence-electron chi connectivity index (χ1n) is 9.16. The molecule has 1 heterocycles. The van der Waals surface area contributed by atoms with Gasteiger partial charge in [-0.25, -0.2) is 4.98 Å². The summed E-state index contributed by atoms with van der Waals surface area (Å²) in [6.07, 6.45) is -0.0621. The van der Waals surface area contributed by atoms with E-state index >= 15 is 0 Å². The number of nitrogens with zero attached hydrogens (tertiary/aromatic N) is 3. The predicted molar refractivity (Wildman–Crippen MR) is 101 cm³/mol. The summed E-state index contributed by atoms with van der Waals surface area (Å²) in [5.74, 6) is -0.212. The second-order valence-electron chi connectivity index (χ2n) is 6.70. The number of benzene rings is 1. The van der Waals surface area contributed by atoms with Crippen LogP contribution < -0.4 is 9.64 Å². The van der Waals surface area contributed by atoms with E-state index in [0.717, 1.165) is 37.4 Å². The van der Waals surface area contributed by atoms with Gasteiger partial charge >= 0.3 is 12.2 Å². The number of hydrogen-bond acceptors (Lipinski definition) is 4. The lowest BCUT2D eigenvalue weighted by Gasteiger charge is -2.25. The van der Waals surface area contributed by atoms with E-state index in [1.54, 1.807) is 20.9 Å². The van der Waals surface area contributed by atoms with Crippen LogP contribution in [0.3, 0.4) is 0 Å². The molecular formula is C20H26F3N3O. The molecule has 1 aromatic carbocycles. The summed E-state index contributed by atoms with van der Waals surface area (Å²) in [4.78, 5) is 9.26. The first kappa shape index (κ1) is 21.0. The van der Waals surface area contributed by atoms with Gasteiger partial charge in [0.05, 0.1) is 6.10 Å². The number of anilines is 2. The Morgan fingerprint density at radius 3 is 2.48 bits per heavy atom. The van der Waals surface area contributed by atoms with Crippen molar-refractivity contribution in [1.82, 2.24) is 9.97 Å². The van der Waals surface area contributed by atoms with Gasteiger partial charge in [-0.05, 0) is 38.3 Å². The van der Waals surface area contributed by atoms with Crippen LogP contribution >= 0.6 is 0 Å². The van der Waals surface area contributed by atoms with Crippen LogP contribution in [0.15, 0.2) is 30.5 Å². The second kappa shape index (κ2) is 9.06. The quantitative estimate of drug-likeness (QED) is 0.543. The van der Waals surface area contributed by atoms with Gasteiger partial charge in [-0.2, -0.15) is 18.2 Å². The molecule has 0 radical (unpaired) electrons. The van der Waals surface area contributed by atoms with Crippen LogP contribution in [0.25, 0.3) is 0 Å². The van der Waals surface area contributed by atoms with Crippen molar-refractivity contribution >= 4 is 11.5 Å². The summed E-state index contributed by atoms with van der Waals surface area (Å²) >= 11 is 0. The fraction of sp³-hybridized carbons (Fsp3) is 0.500. The van der Waals surface area contributed by atoms with E-state index in [4.69, 9.17) is 4.74 Å². The first-order chi connectivity index (χ1) is 12.7. The molecule has 0 bridgehead atoms. The van der Waals surface area contributed by atoms with Crippen molar-refractivity contribution in [1.29, 1.82) is 0 Å². The molecule has 0 saturated carbocycles. The summed E-state index contributed by atoms with van der Waals surface area (Å²) in [5, 5.41) is 0. The predicted octanol–water partition coefficient (Wildman–Crippen LogP) is 5.78. The van der Waals surface area contributed by atoms with Crippen LogP contribution in [-0.4, -0.2) is 23.1 Å². The Labute approximate surface area is 158 Å². The Kier molecular flexibility index (Phi) is 7.05. The molecule has 0 fully saturated rings. The van der Waals surface area contributed by atoms with E-state index in [9.17, 15) is 13.2 Å². The number of ether oxygens (including phenoxy) is 1. The molecule has 0 aliphatic rings. The SMILES string of the molecule is CCCCCc1ccccc1N(C)c1nc(OC(C)C)ncc1C(F)(F)F. The molecule has 4 nitrogen and oxygen atoms in total. The third kappa shape index (κ3) is 5.58. The van der Waals surface area contributed by atoms with Gasteiger partial charge in [-0.15, -0.1) is 0 Å². The first-order valence-corrected chi connectivity index (χ1v) is 9.16. The fourth-order valence-corrected chi connectivity index (χ4v) is 2.81. The molecule has 2 rings (SSSR count). The maximum Gasteiger partial charge on any atom is 0.421 e. The van der Waals surface area contributed by atoms with E-state index in [1.807, 2.05) is 24.3 Å². The maximum absolute atomic E-state index is 13.5. The number of hydrogen-bond donors (Lipinski definition) is 0. The van der Waals surface area contributed by atoms with Gasteiger partial charge in [-0.3, -0.25) is 0 Å². The molecule has 0 aliphatic carbocycles. The Morgan fingerprint density at radius 2 is 1.85 bits per heavy atom. The van der Waals surface area contributed by atoms with Crippen LogP contribution in [0.2, 0.25) is 0 Å². The number of rotatable bonds is 8. The molecule has 0 aliphatic heterocycles. The minimum Gasteiger partial charge on any atom is -0.461 e. The average molecular weight is 381 g/mol. The number of aromatic nitrogens is 2. The monoisotopic (exact) mass is 381 g/mol. The molecule has 148 valence electrons. The van der Waals surface area contributed by atoms with E-state index in [0.29, 0.717) is 5.69 Å². The third-order valence-corrected chi connectivity index (χ3v) is 4.11. The normalized spacial score (nSPS) is 11.7. The van der Waals surface area contributed by atoms with Crippen LogP contribution in [-0.2, 0) is 12.6 Å². The van der Waals surface area contributed by atoms with Gasteiger partial charge in [0.15, 0.2) is 5.82 Å². The summed E-state index contributed by atoms with van der Waals surface area (Å²) in [5.41, 5.74) is 0.810. The third-order valence-electron chi connectivity index (χ3n) is 4.11. The van der Waals surface area contributed by atoms with Gasteiger partial charge in [0.25, 0.3) is 0 Å². The largest absolute Gasteiger partial charge is 0.461 e. The summed E-state index contributed by atoms with van der Waals surface area (Å²) in [6, 6.07) is 7.41. The fourth-order valence-electron chi connectivity index (χ4n) is 2.81. The molecule has 1 aromatic heterocycles. The lowest BCUT2D eigenvalue weighted by atomic mass is 10.0. The van der Waals surface area contributed by atoms with E-state index in [-0.39, 0.29) is 17.9 Å². The molecule has 0 saturated heterocycles. The minimum absolute atomic E-state index is 0.0664. The van der Waals surface area contributed by atoms with E-state index < -0.39 is 11.7 Å². The van der Waals surface area contributed by atoms with Crippen molar-refractivity contribution < 1.29 is 17.9 Å². The standard InChI is InChI=1S/C20H26F3N3O/c1-5-6-7-10-15-11-8-9-12-17(15)26(4)18-16(20(21,22)23)13-24-19(25-18)27-14(2)3/h8-9,11-14H,5-7,10H2,1-4H3. The summed E-state index contributed by atoms with van der Waals surface area (Å²) < 4.78 is 46.0. The van der Waals surface area contributed by atoms with Gasteiger partial charge in [0.2, 0.25) is 0 Å². The van der Waals surface area contributed by atoms with Crippen LogP contribution in [0, 0.1) is 0 Å². The topological polar surface area (TPSA) is 38.2 Å². The zero-order valence-electron chi connectivity index (χ0n) is 16.2. The number of alkyl halides is 3. The highest BCUT2D eigenvalue weighted by molar-refractivity contribution is 5.66. The number of halogens is 3. The van der Waals surface area contributed by atoms with Gasteiger partial charge in [0.1, 0.15) is 5.56 Å². The summed E-state index contributed by atoms with van der Waals surface area (Å²) in [6.45, 7) is 5.66. The molecule has 0 N–H and O–H groups in total. The Balaban J connectivity index is 2.46. The van der Waals surface area contributed by atoms with Crippen molar-refractivity contribution in [2.24, 2.45) is 0 Å². The minimum atomic E-state index is -4.56. The van der Waals surface area contributed by atoms with E-state index in [2.05, 4.69) is 16.9 Å². The number of unbranched alkanes of at least 4 members (excludes halogenated alkanes) is 2. The maximum atomic E-state index is 13.5. The van der Waals surface area contributed by atoms with Crippen molar-refractivity contribution in [2.75, 3.05) is 11.9 Å². The smallest absolute Gasteiger partial charge is 0.421 e. The van der Waals surface area contributed by atoms with Crippen molar-refractivity contribution in [3.8, 4) is 6.01 Å². The van der Waals surface area contributed by atoms with Gasteiger partial charge < -0.3 is 9.64 Å².